The molecule has 0 aromatic carbocycles. The Morgan fingerprint density at radius 3 is 2.73 bits per heavy atom. The van der Waals surface area contributed by atoms with E-state index in [0.717, 1.165) is 17.6 Å². The maximum atomic E-state index is 12.3. The molecule has 2 rings (SSSR count). The van der Waals surface area contributed by atoms with Crippen LogP contribution in [0.5, 0.6) is 0 Å². The average Bonchev–Trinajstić information content (AvgIpc) is 2.89. The first-order valence-corrected chi connectivity index (χ1v) is 10.4. The SMILES string of the molecule is CC1CCCCC1NC(=O)c1ccc(CCNS(C)(=O)=O)s1. The lowest BCUT2D eigenvalue weighted by Gasteiger charge is -2.29. The summed E-state index contributed by atoms with van der Waals surface area (Å²) in [5.41, 5.74) is 0. The monoisotopic (exact) mass is 344 g/mol. The number of sulfonamides is 1. The Morgan fingerprint density at radius 1 is 1.32 bits per heavy atom. The van der Waals surface area contributed by atoms with Gasteiger partial charge in [0.1, 0.15) is 0 Å². The van der Waals surface area contributed by atoms with Gasteiger partial charge in [-0.1, -0.05) is 19.8 Å². The number of carbonyl (C=O) groups is 1. The molecule has 1 heterocycles. The van der Waals surface area contributed by atoms with E-state index in [1.165, 1.54) is 30.6 Å². The molecule has 5 nitrogen and oxygen atoms in total. The first kappa shape index (κ1) is 17.4. The van der Waals surface area contributed by atoms with E-state index in [0.29, 0.717) is 23.8 Å². The molecule has 22 heavy (non-hydrogen) atoms. The summed E-state index contributed by atoms with van der Waals surface area (Å²) in [5, 5.41) is 3.14. The molecule has 1 aromatic rings. The van der Waals surface area contributed by atoms with Crippen LogP contribution < -0.4 is 10.0 Å². The lowest BCUT2D eigenvalue weighted by molar-refractivity contribution is 0.0914. The molecule has 7 heteroatoms. The van der Waals surface area contributed by atoms with Gasteiger partial charge in [-0.3, -0.25) is 4.79 Å². The van der Waals surface area contributed by atoms with Crippen LogP contribution in [0.25, 0.3) is 0 Å². The molecule has 1 aliphatic rings. The maximum Gasteiger partial charge on any atom is 0.261 e. The van der Waals surface area contributed by atoms with Crippen LogP contribution >= 0.6 is 11.3 Å². The third-order valence-corrected chi connectivity index (χ3v) is 5.92. The Balaban J connectivity index is 1.86. The summed E-state index contributed by atoms with van der Waals surface area (Å²) in [6.45, 7) is 2.56. The summed E-state index contributed by atoms with van der Waals surface area (Å²) in [6.07, 6.45) is 6.42. The van der Waals surface area contributed by atoms with Gasteiger partial charge in [0.25, 0.3) is 5.91 Å². The van der Waals surface area contributed by atoms with Crippen molar-refractivity contribution in [3.8, 4) is 0 Å². The van der Waals surface area contributed by atoms with E-state index >= 15 is 0 Å². The third kappa shape index (κ3) is 5.37. The van der Waals surface area contributed by atoms with Crippen LogP contribution in [0.2, 0.25) is 0 Å². The van der Waals surface area contributed by atoms with Crippen LogP contribution in [0, 0.1) is 5.92 Å². The van der Waals surface area contributed by atoms with Gasteiger partial charge >= 0.3 is 0 Å². The molecule has 0 saturated heterocycles. The number of hydrogen-bond donors (Lipinski definition) is 2. The summed E-state index contributed by atoms with van der Waals surface area (Å²) < 4.78 is 24.5. The molecule has 0 radical (unpaired) electrons. The van der Waals surface area contributed by atoms with Crippen LogP contribution in [-0.4, -0.2) is 33.2 Å². The highest BCUT2D eigenvalue weighted by atomic mass is 32.2. The highest BCUT2D eigenvalue weighted by Crippen LogP contribution is 2.25. The molecule has 124 valence electrons. The van der Waals surface area contributed by atoms with Gasteiger partial charge in [0.2, 0.25) is 10.0 Å². The van der Waals surface area contributed by atoms with Crippen molar-refractivity contribution in [2.45, 2.75) is 45.1 Å². The summed E-state index contributed by atoms with van der Waals surface area (Å²) in [5.74, 6) is 0.530. The van der Waals surface area contributed by atoms with E-state index in [-0.39, 0.29) is 11.9 Å². The fourth-order valence-electron chi connectivity index (χ4n) is 2.76. The number of nitrogens with one attached hydrogen (secondary N) is 2. The zero-order valence-corrected chi connectivity index (χ0v) is 14.7. The summed E-state index contributed by atoms with van der Waals surface area (Å²) in [6, 6.07) is 4.00. The van der Waals surface area contributed by atoms with Gasteiger partial charge in [0, 0.05) is 17.5 Å². The summed E-state index contributed by atoms with van der Waals surface area (Å²) in [4.78, 5) is 14.0. The Hall–Kier alpha value is -0.920. The lowest BCUT2D eigenvalue weighted by atomic mass is 9.86. The van der Waals surface area contributed by atoms with E-state index < -0.39 is 10.0 Å². The summed E-state index contributed by atoms with van der Waals surface area (Å²) >= 11 is 1.43. The molecule has 1 aromatic heterocycles. The Bertz CT molecular complexity index is 610. The lowest BCUT2D eigenvalue weighted by Crippen LogP contribution is -2.40. The Labute approximate surface area is 136 Å². The second kappa shape index (κ2) is 7.57. The predicted molar refractivity (Wildman–Crippen MR) is 89.8 cm³/mol. The zero-order valence-electron chi connectivity index (χ0n) is 13.1. The van der Waals surface area contributed by atoms with Crippen molar-refractivity contribution < 1.29 is 13.2 Å². The number of thiophene rings is 1. The average molecular weight is 345 g/mol. The molecule has 1 aliphatic carbocycles. The normalized spacial score (nSPS) is 22.5. The Morgan fingerprint density at radius 2 is 2.05 bits per heavy atom. The van der Waals surface area contributed by atoms with E-state index in [1.54, 1.807) is 0 Å². The van der Waals surface area contributed by atoms with E-state index in [9.17, 15) is 13.2 Å². The number of carbonyl (C=O) groups excluding carboxylic acids is 1. The Kier molecular flexibility index (Phi) is 6.00. The molecular formula is C15H24N2O3S2. The van der Waals surface area contributed by atoms with Crippen LogP contribution in [-0.2, 0) is 16.4 Å². The van der Waals surface area contributed by atoms with Gasteiger partial charge in [-0.2, -0.15) is 0 Å². The van der Waals surface area contributed by atoms with Crippen molar-refractivity contribution >= 4 is 27.3 Å². The number of hydrogen-bond acceptors (Lipinski definition) is 4. The molecule has 2 atom stereocenters. The molecule has 1 fully saturated rings. The van der Waals surface area contributed by atoms with E-state index in [2.05, 4.69) is 17.0 Å². The van der Waals surface area contributed by atoms with Crippen LogP contribution in [0.3, 0.4) is 0 Å². The molecule has 0 spiro atoms. The van der Waals surface area contributed by atoms with Gasteiger partial charge in [-0.05, 0) is 37.3 Å². The number of amides is 1. The van der Waals surface area contributed by atoms with Crippen molar-refractivity contribution in [1.29, 1.82) is 0 Å². The molecule has 2 unspecified atom stereocenters. The summed E-state index contributed by atoms with van der Waals surface area (Å²) in [7, 11) is -3.15. The van der Waals surface area contributed by atoms with Crippen LogP contribution in [0.1, 0.15) is 47.2 Å². The van der Waals surface area contributed by atoms with Crippen molar-refractivity contribution in [2.75, 3.05) is 12.8 Å². The third-order valence-electron chi connectivity index (χ3n) is 4.05. The molecule has 0 bridgehead atoms. The molecule has 2 N–H and O–H groups in total. The topological polar surface area (TPSA) is 75.3 Å². The number of rotatable bonds is 6. The molecule has 1 saturated carbocycles. The van der Waals surface area contributed by atoms with Crippen molar-refractivity contribution in [2.24, 2.45) is 5.92 Å². The smallest absolute Gasteiger partial charge is 0.261 e. The quantitative estimate of drug-likeness (QED) is 0.830. The van der Waals surface area contributed by atoms with Crippen molar-refractivity contribution in [3.05, 3.63) is 21.9 Å². The minimum atomic E-state index is -3.15. The molecular weight excluding hydrogens is 320 g/mol. The largest absolute Gasteiger partial charge is 0.348 e. The first-order valence-electron chi connectivity index (χ1n) is 7.69. The predicted octanol–water partition coefficient (Wildman–Crippen LogP) is 2.15. The van der Waals surface area contributed by atoms with Crippen molar-refractivity contribution in [1.82, 2.24) is 10.0 Å². The molecule has 0 aliphatic heterocycles. The van der Waals surface area contributed by atoms with E-state index in [1.807, 2.05) is 12.1 Å². The second-order valence-electron chi connectivity index (χ2n) is 6.02. The zero-order chi connectivity index (χ0) is 16.2. The van der Waals surface area contributed by atoms with Gasteiger partial charge in [-0.25, -0.2) is 13.1 Å². The van der Waals surface area contributed by atoms with Gasteiger partial charge in [0.05, 0.1) is 11.1 Å². The van der Waals surface area contributed by atoms with Gasteiger partial charge < -0.3 is 5.32 Å². The minimum Gasteiger partial charge on any atom is -0.348 e. The highest BCUT2D eigenvalue weighted by Gasteiger charge is 2.23. The van der Waals surface area contributed by atoms with Gasteiger partial charge in [-0.15, -0.1) is 11.3 Å². The minimum absolute atomic E-state index is 0.00827. The second-order valence-corrected chi connectivity index (χ2v) is 9.03. The first-order chi connectivity index (χ1) is 10.3. The van der Waals surface area contributed by atoms with E-state index in [4.69, 9.17) is 0 Å². The van der Waals surface area contributed by atoms with Gasteiger partial charge in [0.15, 0.2) is 0 Å². The van der Waals surface area contributed by atoms with Crippen molar-refractivity contribution in [3.63, 3.8) is 0 Å². The van der Waals surface area contributed by atoms with Crippen LogP contribution in [0.4, 0.5) is 0 Å². The van der Waals surface area contributed by atoms with Crippen LogP contribution in [0.15, 0.2) is 12.1 Å². The fraction of sp³-hybridized carbons (Fsp3) is 0.667. The standard InChI is InChI=1S/C15H24N2O3S2/c1-11-5-3-4-6-13(11)17-15(18)14-8-7-12(21-14)9-10-16-22(2,19)20/h7-8,11,13,16H,3-6,9-10H2,1-2H3,(H,17,18). The molecule has 1 amide bonds. The maximum absolute atomic E-state index is 12.3. The highest BCUT2D eigenvalue weighted by molar-refractivity contribution is 7.88. The fourth-order valence-corrected chi connectivity index (χ4v) is 4.15.